The van der Waals surface area contributed by atoms with E-state index >= 15 is 0 Å². The number of imide groups is 1. The molecular formula is C32H22N2O5. The normalized spacial score (nSPS) is 17.7. The van der Waals surface area contributed by atoms with E-state index in [1.165, 1.54) is 30.0 Å². The molecule has 190 valence electrons. The van der Waals surface area contributed by atoms with Crippen molar-refractivity contribution in [3.63, 3.8) is 0 Å². The molecule has 2 aliphatic heterocycles. The SMILES string of the molecule is CC(=O)c1ccc(N2C(=O)c3ccc(C(=O)N4[C@H](c5ccccc5)[C@@H]4C(=O)c4ccccc4)cc3C2=O)cc1. The van der Waals surface area contributed by atoms with Gasteiger partial charge >= 0.3 is 0 Å². The molecule has 2 atom stereocenters. The summed E-state index contributed by atoms with van der Waals surface area (Å²) in [6.07, 6.45) is 0. The number of rotatable bonds is 6. The summed E-state index contributed by atoms with van der Waals surface area (Å²) in [5.41, 5.74) is 2.68. The molecule has 6 rings (SSSR count). The molecule has 3 amide bonds. The average molecular weight is 515 g/mol. The zero-order valence-corrected chi connectivity index (χ0v) is 20.9. The summed E-state index contributed by atoms with van der Waals surface area (Å²) in [4.78, 5) is 67.6. The summed E-state index contributed by atoms with van der Waals surface area (Å²) in [5.74, 6) is -1.74. The third-order valence-corrected chi connectivity index (χ3v) is 7.18. The molecule has 1 saturated heterocycles. The standard InChI is InChI=1S/C32H22N2O5/c1-19(35)20-12-15-24(16-13-20)33-31(38)25-17-14-23(18-26(25)32(33)39)30(37)34-27(21-8-4-2-5-9-21)28(34)29(36)22-10-6-3-7-11-22/h2-18,27-28H,1H3/t27-,28-,34?/m1/s1. The lowest BCUT2D eigenvalue weighted by atomic mass is 10.0. The first-order chi connectivity index (χ1) is 18.9. The van der Waals surface area contributed by atoms with Crippen molar-refractivity contribution in [3.05, 3.63) is 137 Å². The lowest BCUT2D eigenvalue weighted by Crippen LogP contribution is -2.29. The average Bonchev–Trinajstić information content (AvgIpc) is 3.67. The molecule has 7 heteroatoms. The molecule has 0 bridgehead atoms. The Balaban J connectivity index is 1.31. The van der Waals surface area contributed by atoms with Crippen molar-refractivity contribution < 1.29 is 24.0 Å². The van der Waals surface area contributed by atoms with Crippen LogP contribution in [-0.4, -0.2) is 40.2 Å². The van der Waals surface area contributed by atoms with Gasteiger partial charge in [0.2, 0.25) is 0 Å². The number of hydrogen-bond donors (Lipinski definition) is 0. The van der Waals surface area contributed by atoms with E-state index in [1.807, 2.05) is 36.4 Å². The number of Topliss-reactive ketones (excluding diaryl/α,β-unsaturated/α-hetero) is 2. The summed E-state index contributed by atoms with van der Waals surface area (Å²) >= 11 is 0. The Morgan fingerprint density at radius 3 is 1.87 bits per heavy atom. The number of fused-ring (bicyclic) bond motifs is 1. The minimum Gasteiger partial charge on any atom is -0.316 e. The Labute approximate surface area is 224 Å². The highest BCUT2D eigenvalue weighted by molar-refractivity contribution is 6.34. The van der Waals surface area contributed by atoms with Crippen LogP contribution in [0.25, 0.3) is 0 Å². The fourth-order valence-corrected chi connectivity index (χ4v) is 5.12. The number of ketones is 2. The predicted octanol–water partition coefficient (Wildman–Crippen LogP) is 5.14. The summed E-state index contributed by atoms with van der Waals surface area (Å²) in [6, 6.07) is 27.7. The molecule has 7 nitrogen and oxygen atoms in total. The monoisotopic (exact) mass is 514 g/mol. The van der Waals surface area contributed by atoms with E-state index < -0.39 is 29.8 Å². The van der Waals surface area contributed by atoms with E-state index in [0.29, 0.717) is 16.8 Å². The van der Waals surface area contributed by atoms with Crippen molar-refractivity contribution in [1.82, 2.24) is 4.90 Å². The van der Waals surface area contributed by atoms with Crippen molar-refractivity contribution in [2.75, 3.05) is 4.90 Å². The fraction of sp³-hybridized carbons (Fsp3) is 0.0938. The summed E-state index contributed by atoms with van der Waals surface area (Å²) < 4.78 is 0. The highest BCUT2D eigenvalue weighted by Crippen LogP contribution is 2.46. The molecule has 1 fully saturated rings. The minimum atomic E-state index is -0.677. The van der Waals surface area contributed by atoms with Gasteiger partial charge in [-0.3, -0.25) is 24.0 Å². The van der Waals surface area contributed by atoms with Crippen molar-refractivity contribution >= 4 is 35.0 Å². The van der Waals surface area contributed by atoms with Gasteiger partial charge in [-0.1, -0.05) is 60.7 Å². The van der Waals surface area contributed by atoms with Crippen LogP contribution in [0.4, 0.5) is 5.69 Å². The maximum Gasteiger partial charge on any atom is 0.266 e. The van der Waals surface area contributed by atoms with E-state index in [4.69, 9.17) is 0 Å². The molecule has 0 radical (unpaired) electrons. The molecule has 39 heavy (non-hydrogen) atoms. The van der Waals surface area contributed by atoms with Crippen molar-refractivity contribution in [1.29, 1.82) is 0 Å². The van der Waals surface area contributed by atoms with E-state index in [9.17, 15) is 24.0 Å². The first kappa shape index (κ1) is 24.2. The van der Waals surface area contributed by atoms with Crippen LogP contribution in [0.2, 0.25) is 0 Å². The molecule has 0 unspecified atom stereocenters. The molecular weight excluding hydrogens is 492 g/mol. The second-order valence-electron chi connectivity index (χ2n) is 9.55. The van der Waals surface area contributed by atoms with Gasteiger partial charge in [0.1, 0.15) is 6.04 Å². The lowest BCUT2D eigenvalue weighted by Gasteiger charge is -2.14. The van der Waals surface area contributed by atoms with Crippen LogP contribution >= 0.6 is 0 Å². The van der Waals surface area contributed by atoms with Gasteiger partial charge in [0, 0.05) is 16.7 Å². The minimum absolute atomic E-state index is 0.116. The number of carbonyl (C=O) groups excluding carboxylic acids is 5. The molecule has 0 aromatic heterocycles. The highest BCUT2D eigenvalue weighted by Gasteiger charge is 2.56. The van der Waals surface area contributed by atoms with Crippen molar-refractivity contribution in [2.45, 2.75) is 19.0 Å². The smallest absolute Gasteiger partial charge is 0.266 e. The van der Waals surface area contributed by atoms with Crippen LogP contribution in [0.5, 0.6) is 0 Å². The van der Waals surface area contributed by atoms with Crippen molar-refractivity contribution in [2.24, 2.45) is 0 Å². The molecule has 2 heterocycles. The van der Waals surface area contributed by atoms with Gasteiger partial charge in [-0.05, 0) is 55.0 Å². The van der Waals surface area contributed by atoms with Gasteiger partial charge in [0.15, 0.2) is 11.6 Å². The summed E-state index contributed by atoms with van der Waals surface area (Å²) in [7, 11) is 0. The number of benzene rings is 4. The number of nitrogens with zero attached hydrogens (tertiary/aromatic N) is 2. The summed E-state index contributed by atoms with van der Waals surface area (Å²) in [5, 5.41) is 0. The van der Waals surface area contributed by atoms with Crippen LogP contribution in [0.15, 0.2) is 103 Å². The topological polar surface area (TPSA) is 91.6 Å². The largest absolute Gasteiger partial charge is 0.316 e. The number of anilines is 1. The third-order valence-electron chi connectivity index (χ3n) is 7.18. The zero-order chi connectivity index (χ0) is 27.3. The highest BCUT2D eigenvalue weighted by atomic mass is 16.2. The van der Waals surface area contributed by atoms with E-state index in [1.54, 1.807) is 48.5 Å². The maximum atomic E-state index is 13.7. The molecule has 0 spiro atoms. The lowest BCUT2D eigenvalue weighted by molar-refractivity contribution is 0.0833. The number of amides is 3. The maximum absolute atomic E-state index is 13.7. The van der Waals surface area contributed by atoms with Crippen molar-refractivity contribution in [3.8, 4) is 0 Å². The Bertz CT molecular complexity index is 1660. The second-order valence-corrected chi connectivity index (χ2v) is 9.55. The Kier molecular flexibility index (Phi) is 5.76. The first-order valence-electron chi connectivity index (χ1n) is 12.5. The van der Waals surface area contributed by atoms with E-state index in [-0.39, 0.29) is 28.3 Å². The van der Waals surface area contributed by atoms with Gasteiger partial charge in [0.25, 0.3) is 17.7 Å². The van der Waals surface area contributed by atoms with E-state index in [2.05, 4.69) is 0 Å². The van der Waals surface area contributed by atoms with Crippen LogP contribution in [0.1, 0.15) is 70.3 Å². The fourth-order valence-electron chi connectivity index (χ4n) is 5.12. The number of carbonyl (C=O) groups is 5. The van der Waals surface area contributed by atoms with Gasteiger partial charge in [-0.25, -0.2) is 4.90 Å². The van der Waals surface area contributed by atoms with E-state index in [0.717, 1.165) is 10.5 Å². The van der Waals surface area contributed by atoms with Gasteiger partial charge in [0.05, 0.1) is 22.9 Å². The second kappa shape index (κ2) is 9.29. The van der Waals surface area contributed by atoms with Crippen LogP contribution in [0, 0.1) is 0 Å². The van der Waals surface area contributed by atoms with Crippen LogP contribution in [-0.2, 0) is 0 Å². The van der Waals surface area contributed by atoms with Gasteiger partial charge < -0.3 is 4.90 Å². The van der Waals surface area contributed by atoms with Gasteiger partial charge in [-0.2, -0.15) is 0 Å². The Morgan fingerprint density at radius 1 is 0.641 bits per heavy atom. The van der Waals surface area contributed by atoms with Crippen LogP contribution in [0.3, 0.4) is 0 Å². The molecule has 4 aromatic carbocycles. The molecule has 4 aromatic rings. The van der Waals surface area contributed by atoms with Crippen LogP contribution < -0.4 is 4.90 Å². The molecule has 0 N–H and O–H groups in total. The molecule has 0 aliphatic carbocycles. The Morgan fingerprint density at radius 2 is 1.23 bits per heavy atom. The molecule has 0 saturated carbocycles. The zero-order valence-electron chi connectivity index (χ0n) is 20.9. The quantitative estimate of drug-likeness (QED) is 0.202. The Hall–Kier alpha value is -5.17. The number of hydrogen-bond acceptors (Lipinski definition) is 5. The predicted molar refractivity (Wildman–Crippen MR) is 144 cm³/mol. The summed E-state index contributed by atoms with van der Waals surface area (Å²) in [6.45, 7) is 1.44. The third kappa shape index (κ3) is 4.05. The first-order valence-corrected chi connectivity index (χ1v) is 12.5. The molecule has 2 aliphatic rings. The van der Waals surface area contributed by atoms with Gasteiger partial charge in [-0.15, -0.1) is 0 Å².